The Bertz CT molecular complexity index is 3850. The quantitative estimate of drug-likeness (QED) is 0.107. The molecular weight excluding hydrogens is 857 g/mol. The van der Waals surface area contributed by atoms with E-state index in [1.807, 2.05) is 12.1 Å². The molecule has 69 heavy (non-hydrogen) atoms. The molecule has 3 aromatic heterocycles. The number of furan rings is 1. The molecule has 0 spiro atoms. The topological polar surface area (TPSA) is 56.7 Å². The summed E-state index contributed by atoms with van der Waals surface area (Å²) in [6.07, 6.45) is 0. The number of nitrogens with zero attached hydrogens (tertiary/aromatic N) is 4. The lowest BCUT2D eigenvalue weighted by atomic mass is 9.98. The lowest BCUT2D eigenvalue weighted by molar-refractivity contribution is 0.669. The maximum Gasteiger partial charge on any atom is 0.179 e. The molecule has 5 nitrogen and oxygen atoms in total. The largest absolute Gasteiger partial charge is 0.456 e. The van der Waals surface area contributed by atoms with Gasteiger partial charge in [-0.25, -0.2) is 15.0 Å². The molecule has 0 bridgehead atoms. The fourth-order valence-corrected chi connectivity index (χ4v) is 15.2. The fourth-order valence-electron chi connectivity index (χ4n) is 10.5. The van der Waals surface area contributed by atoms with E-state index in [4.69, 9.17) is 19.4 Å². The number of hydrogen-bond donors (Lipinski definition) is 0. The molecule has 0 aliphatic rings. The van der Waals surface area contributed by atoms with Crippen LogP contribution < -0.4 is 20.7 Å². The van der Waals surface area contributed by atoms with E-state index in [0.717, 1.165) is 66.5 Å². The van der Waals surface area contributed by atoms with Crippen LogP contribution in [-0.4, -0.2) is 27.6 Å². The number of aromatic nitrogens is 4. The van der Waals surface area contributed by atoms with Crippen molar-refractivity contribution in [2.75, 3.05) is 0 Å². The predicted octanol–water partition coefficient (Wildman–Crippen LogP) is 12.9. The zero-order valence-corrected chi connectivity index (χ0v) is 38.4. The molecule has 10 aromatic carbocycles. The van der Waals surface area contributed by atoms with Crippen LogP contribution in [0.3, 0.4) is 0 Å². The van der Waals surface area contributed by atoms with Crippen LogP contribution in [0.2, 0.25) is 0 Å². The number of rotatable bonds is 9. The maximum absolute atomic E-state index is 6.38. The summed E-state index contributed by atoms with van der Waals surface area (Å²) in [4.78, 5) is 15.9. The van der Waals surface area contributed by atoms with Gasteiger partial charge in [-0.15, -0.1) is 0 Å². The average Bonchev–Trinajstić information content (AvgIpc) is 3.98. The van der Waals surface area contributed by atoms with Crippen molar-refractivity contribution >= 4 is 72.6 Å². The molecule has 0 radical (unpaired) electrons. The number of benzene rings is 10. The van der Waals surface area contributed by atoms with Crippen molar-refractivity contribution in [3.63, 3.8) is 0 Å². The monoisotopic (exact) mass is 898 g/mol. The van der Waals surface area contributed by atoms with Crippen molar-refractivity contribution in [3.8, 4) is 51.0 Å². The van der Waals surface area contributed by atoms with Crippen LogP contribution in [-0.2, 0) is 0 Å². The Morgan fingerprint density at radius 2 is 0.725 bits per heavy atom. The van der Waals surface area contributed by atoms with Crippen LogP contribution in [0.25, 0.3) is 94.7 Å². The molecular formula is C63H42N4OSi. The highest BCUT2D eigenvalue weighted by Gasteiger charge is 2.41. The van der Waals surface area contributed by atoms with Gasteiger partial charge in [0.1, 0.15) is 11.2 Å². The minimum atomic E-state index is -2.75. The minimum Gasteiger partial charge on any atom is -0.456 e. The van der Waals surface area contributed by atoms with E-state index in [0.29, 0.717) is 17.5 Å². The van der Waals surface area contributed by atoms with E-state index in [1.165, 1.54) is 31.5 Å². The van der Waals surface area contributed by atoms with Gasteiger partial charge in [-0.3, -0.25) is 0 Å². The van der Waals surface area contributed by atoms with Gasteiger partial charge in [0.2, 0.25) is 0 Å². The third-order valence-electron chi connectivity index (χ3n) is 13.7. The third-order valence-corrected chi connectivity index (χ3v) is 18.5. The van der Waals surface area contributed by atoms with Crippen LogP contribution in [0.4, 0.5) is 0 Å². The lowest BCUT2D eigenvalue weighted by Gasteiger charge is -2.34. The predicted molar refractivity (Wildman–Crippen MR) is 287 cm³/mol. The third kappa shape index (κ3) is 6.80. The summed E-state index contributed by atoms with van der Waals surface area (Å²) in [5.74, 6) is 1.78. The molecule has 6 heteroatoms. The SMILES string of the molecule is c1ccc([Si](c2ccccc2)(c2ccccc2)c2ccc(-c3nc(-c4ccc(-n5c6ccccc6c6ccccc65)cc4)nc(-c4ccccc4-c4ccc5c(c4)oc4ccccc45)n3)cc2)cc1. The molecule has 0 unspecified atom stereocenters. The average molecular weight is 899 g/mol. The van der Waals surface area contributed by atoms with Gasteiger partial charge >= 0.3 is 0 Å². The van der Waals surface area contributed by atoms with Crippen LogP contribution in [0.5, 0.6) is 0 Å². The smallest absolute Gasteiger partial charge is 0.179 e. The molecule has 13 rings (SSSR count). The second kappa shape index (κ2) is 16.7. The van der Waals surface area contributed by atoms with E-state index in [9.17, 15) is 0 Å². The first-order valence-corrected chi connectivity index (χ1v) is 25.3. The van der Waals surface area contributed by atoms with Crippen molar-refractivity contribution in [3.05, 3.63) is 255 Å². The van der Waals surface area contributed by atoms with Crippen LogP contribution >= 0.6 is 0 Å². The molecule has 0 atom stereocenters. The van der Waals surface area contributed by atoms with Crippen LogP contribution in [0.15, 0.2) is 259 Å². The summed E-state index contributed by atoms with van der Waals surface area (Å²) >= 11 is 0. The Hall–Kier alpha value is -8.97. The number of fused-ring (bicyclic) bond motifs is 6. The standard InChI is InChI=1S/C63H42N4OSi/c1-4-18-47(19-5-1)69(48-20-6-2-7-21-48,49-22-8-3-9-23-49)50-39-34-44(35-40-50)62-64-61(43-32-37-46(38-33-43)67-57-29-15-12-25-52(57)53-26-13-16-30-58(53)67)65-63(66-62)56-28-11-10-24-51(56)45-36-41-55-54-27-14-17-31-59(54)68-60(55)42-45/h1-42H. The minimum absolute atomic E-state index is 0.590. The van der Waals surface area contributed by atoms with Crippen LogP contribution in [0, 0.1) is 0 Å². The van der Waals surface area contributed by atoms with E-state index in [1.54, 1.807) is 0 Å². The normalized spacial score (nSPS) is 11.8. The molecule has 3 heterocycles. The zero-order chi connectivity index (χ0) is 45.7. The highest BCUT2D eigenvalue weighted by atomic mass is 28.3. The van der Waals surface area contributed by atoms with E-state index in [-0.39, 0.29) is 0 Å². The van der Waals surface area contributed by atoms with Gasteiger partial charge in [0, 0.05) is 43.9 Å². The van der Waals surface area contributed by atoms with Crippen molar-refractivity contribution < 1.29 is 4.42 Å². The summed E-state index contributed by atoms with van der Waals surface area (Å²) in [6.45, 7) is 0. The summed E-state index contributed by atoms with van der Waals surface area (Å²) in [5.41, 5.74) is 9.83. The molecule has 13 aromatic rings. The molecule has 0 aliphatic carbocycles. The summed E-state index contributed by atoms with van der Waals surface area (Å²) < 4.78 is 8.71. The first kappa shape index (κ1) is 40.3. The maximum atomic E-state index is 6.38. The molecule has 0 aliphatic heterocycles. The van der Waals surface area contributed by atoms with Gasteiger partial charge < -0.3 is 8.98 Å². The van der Waals surface area contributed by atoms with Gasteiger partial charge in [0.05, 0.1) is 11.0 Å². The van der Waals surface area contributed by atoms with E-state index >= 15 is 0 Å². The van der Waals surface area contributed by atoms with Crippen molar-refractivity contribution in [1.82, 2.24) is 19.5 Å². The van der Waals surface area contributed by atoms with Gasteiger partial charge in [0.15, 0.2) is 25.5 Å². The Morgan fingerprint density at radius 3 is 1.30 bits per heavy atom. The number of para-hydroxylation sites is 3. The highest BCUT2D eigenvalue weighted by Crippen LogP contribution is 2.37. The van der Waals surface area contributed by atoms with Gasteiger partial charge in [-0.2, -0.15) is 0 Å². The lowest BCUT2D eigenvalue weighted by Crippen LogP contribution is -2.74. The van der Waals surface area contributed by atoms with E-state index in [2.05, 4.69) is 247 Å². The molecule has 324 valence electrons. The van der Waals surface area contributed by atoms with Crippen molar-refractivity contribution in [2.24, 2.45) is 0 Å². The second-order valence-electron chi connectivity index (χ2n) is 17.5. The summed E-state index contributed by atoms with van der Waals surface area (Å²) in [5, 5.41) is 9.88. The molecule has 0 saturated heterocycles. The summed E-state index contributed by atoms with van der Waals surface area (Å²) in [7, 11) is -2.75. The summed E-state index contributed by atoms with van der Waals surface area (Å²) in [6, 6.07) is 90.8. The Labute approximate surface area is 400 Å². The first-order valence-electron chi connectivity index (χ1n) is 23.3. The van der Waals surface area contributed by atoms with Gasteiger partial charge in [-0.1, -0.05) is 200 Å². The Morgan fingerprint density at radius 1 is 0.304 bits per heavy atom. The van der Waals surface area contributed by atoms with Crippen molar-refractivity contribution in [2.45, 2.75) is 0 Å². The zero-order valence-electron chi connectivity index (χ0n) is 37.4. The first-order chi connectivity index (χ1) is 34.2. The van der Waals surface area contributed by atoms with Crippen molar-refractivity contribution in [1.29, 1.82) is 0 Å². The molecule has 0 saturated carbocycles. The highest BCUT2D eigenvalue weighted by molar-refractivity contribution is 7.19. The number of hydrogen-bond acceptors (Lipinski definition) is 4. The van der Waals surface area contributed by atoms with Crippen LogP contribution in [0.1, 0.15) is 0 Å². The Balaban J connectivity index is 0.974. The molecule has 0 amide bonds. The molecule has 0 fully saturated rings. The fraction of sp³-hybridized carbons (Fsp3) is 0. The molecule has 0 N–H and O–H groups in total. The van der Waals surface area contributed by atoms with Gasteiger partial charge in [-0.05, 0) is 86.5 Å². The second-order valence-corrected chi connectivity index (χ2v) is 21.3. The Kier molecular flexibility index (Phi) is 9.77. The van der Waals surface area contributed by atoms with Gasteiger partial charge in [0.25, 0.3) is 0 Å². The van der Waals surface area contributed by atoms with E-state index < -0.39 is 8.07 Å².